The Labute approximate surface area is 90.0 Å². The SMILES string of the molecule is CCc1cc(Cl)c2c(c1C)CCCO2. The number of aryl methyl sites for hydroxylation is 1. The van der Waals surface area contributed by atoms with E-state index in [1.54, 1.807) is 0 Å². The molecule has 1 nitrogen and oxygen atoms in total. The summed E-state index contributed by atoms with van der Waals surface area (Å²) >= 11 is 6.17. The number of hydrogen-bond acceptors (Lipinski definition) is 1. The minimum atomic E-state index is 0.780. The summed E-state index contributed by atoms with van der Waals surface area (Å²) in [5, 5.41) is 0.780. The summed E-state index contributed by atoms with van der Waals surface area (Å²) in [6.07, 6.45) is 3.25. The van der Waals surface area contributed by atoms with Crippen LogP contribution < -0.4 is 4.74 Å². The van der Waals surface area contributed by atoms with Crippen LogP contribution in [0.25, 0.3) is 0 Å². The van der Waals surface area contributed by atoms with Crippen LogP contribution in [-0.2, 0) is 12.8 Å². The lowest BCUT2D eigenvalue weighted by molar-refractivity contribution is 0.288. The number of halogens is 1. The normalized spacial score (nSPS) is 14.8. The molecule has 0 aromatic heterocycles. The Hall–Kier alpha value is -0.690. The van der Waals surface area contributed by atoms with Gasteiger partial charge in [-0.15, -0.1) is 0 Å². The monoisotopic (exact) mass is 210 g/mol. The molecule has 1 aromatic rings. The molecule has 2 heteroatoms. The van der Waals surface area contributed by atoms with E-state index in [1.807, 2.05) is 6.07 Å². The van der Waals surface area contributed by atoms with Gasteiger partial charge in [0.2, 0.25) is 0 Å². The predicted octanol–water partition coefficient (Wildman–Crippen LogP) is 3.54. The number of hydrogen-bond donors (Lipinski definition) is 0. The van der Waals surface area contributed by atoms with Crippen LogP contribution in [0.5, 0.6) is 5.75 Å². The van der Waals surface area contributed by atoms with Crippen molar-refractivity contribution >= 4 is 11.6 Å². The zero-order valence-electron chi connectivity index (χ0n) is 8.69. The van der Waals surface area contributed by atoms with Gasteiger partial charge >= 0.3 is 0 Å². The van der Waals surface area contributed by atoms with Crippen molar-refractivity contribution < 1.29 is 4.74 Å². The summed E-state index contributed by atoms with van der Waals surface area (Å²) in [6, 6.07) is 2.04. The van der Waals surface area contributed by atoms with Crippen LogP contribution in [0, 0.1) is 6.92 Å². The van der Waals surface area contributed by atoms with Crippen LogP contribution in [0.3, 0.4) is 0 Å². The molecule has 0 fully saturated rings. The molecule has 0 spiro atoms. The molecule has 1 aromatic carbocycles. The lowest BCUT2D eigenvalue weighted by atomic mass is 9.95. The Balaban J connectivity index is 2.58. The standard InChI is InChI=1S/C12H15ClO/c1-3-9-7-11(13)12-10(8(9)2)5-4-6-14-12/h7H,3-6H2,1-2H3. The fourth-order valence-corrected chi connectivity index (χ4v) is 2.38. The highest BCUT2D eigenvalue weighted by molar-refractivity contribution is 6.32. The van der Waals surface area contributed by atoms with E-state index >= 15 is 0 Å². The summed E-state index contributed by atoms with van der Waals surface area (Å²) in [4.78, 5) is 0. The zero-order valence-corrected chi connectivity index (χ0v) is 9.45. The molecule has 14 heavy (non-hydrogen) atoms. The first-order valence-electron chi connectivity index (χ1n) is 5.17. The fraction of sp³-hybridized carbons (Fsp3) is 0.500. The largest absolute Gasteiger partial charge is 0.492 e. The van der Waals surface area contributed by atoms with Crippen LogP contribution in [-0.4, -0.2) is 6.61 Å². The van der Waals surface area contributed by atoms with E-state index in [-0.39, 0.29) is 0 Å². The number of fused-ring (bicyclic) bond motifs is 1. The molecule has 0 bridgehead atoms. The van der Waals surface area contributed by atoms with Crippen LogP contribution in [0.2, 0.25) is 5.02 Å². The van der Waals surface area contributed by atoms with Crippen molar-refractivity contribution in [2.75, 3.05) is 6.61 Å². The van der Waals surface area contributed by atoms with Crippen LogP contribution in [0.15, 0.2) is 6.07 Å². The molecule has 0 atom stereocenters. The quantitative estimate of drug-likeness (QED) is 0.689. The minimum Gasteiger partial charge on any atom is -0.492 e. The van der Waals surface area contributed by atoms with E-state index in [9.17, 15) is 0 Å². The second-order valence-corrected chi connectivity index (χ2v) is 4.16. The number of benzene rings is 1. The molecule has 0 radical (unpaired) electrons. The van der Waals surface area contributed by atoms with Gasteiger partial charge in [0.15, 0.2) is 0 Å². The van der Waals surface area contributed by atoms with Gasteiger partial charge in [-0.1, -0.05) is 18.5 Å². The average molecular weight is 211 g/mol. The Morgan fingerprint density at radius 3 is 3.00 bits per heavy atom. The lowest BCUT2D eigenvalue weighted by Gasteiger charge is -2.22. The van der Waals surface area contributed by atoms with E-state index in [4.69, 9.17) is 16.3 Å². The fourth-order valence-electron chi connectivity index (χ4n) is 2.08. The molecule has 0 N–H and O–H groups in total. The van der Waals surface area contributed by atoms with Crippen molar-refractivity contribution in [3.8, 4) is 5.75 Å². The lowest BCUT2D eigenvalue weighted by Crippen LogP contribution is -2.11. The third-order valence-corrected chi connectivity index (χ3v) is 3.21. The third kappa shape index (κ3) is 1.50. The van der Waals surface area contributed by atoms with Gasteiger partial charge in [-0.25, -0.2) is 0 Å². The molecule has 1 heterocycles. The van der Waals surface area contributed by atoms with Crippen molar-refractivity contribution in [2.24, 2.45) is 0 Å². The molecule has 1 aliphatic heterocycles. The Kier molecular flexibility index (Phi) is 2.69. The van der Waals surface area contributed by atoms with E-state index < -0.39 is 0 Å². The Morgan fingerprint density at radius 2 is 2.29 bits per heavy atom. The van der Waals surface area contributed by atoms with Crippen LogP contribution in [0.4, 0.5) is 0 Å². The van der Waals surface area contributed by atoms with Gasteiger partial charge in [-0.05, 0) is 48.9 Å². The van der Waals surface area contributed by atoms with Crippen LogP contribution >= 0.6 is 11.6 Å². The Morgan fingerprint density at radius 1 is 1.50 bits per heavy atom. The van der Waals surface area contributed by atoms with Gasteiger partial charge in [0, 0.05) is 0 Å². The predicted molar refractivity (Wildman–Crippen MR) is 59.4 cm³/mol. The van der Waals surface area contributed by atoms with Gasteiger partial charge in [-0.3, -0.25) is 0 Å². The number of ether oxygens (including phenoxy) is 1. The molecular weight excluding hydrogens is 196 g/mol. The van der Waals surface area contributed by atoms with Crippen molar-refractivity contribution in [2.45, 2.75) is 33.1 Å². The summed E-state index contributed by atoms with van der Waals surface area (Å²) in [5.41, 5.74) is 4.03. The molecular formula is C12H15ClO. The third-order valence-electron chi connectivity index (χ3n) is 2.92. The first-order valence-corrected chi connectivity index (χ1v) is 5.55. The summed E-state index contributed by atoms with van der Waals surface area (Å²) < 4.78 is 5.60. The maximum Gasteiger partial charge on any atom is 0.141 e. The summed E-state index contributed by atoms with van der Waals surface area (Å²) in [7, 11) is 0. The molecule has 0 saturated carbocycles. The van der Waals surface area contributed by atoms with Gasteiger partial charge < -0.3 is 4.74 Å². The van der Waals surface area contributed by atoms with Crippen molar-refractivity contribution in [1.29, 1.82) is 0 Å². The molecule has 2 rings (SSSR count). The zero-order chi connectivity index (χ0) is 10.1. The molecule has 0 aliphatic carbocycles. The van der Waals surface area contributed by atoms with E-state index in [1.165, 1.54) is 16.7 Å². The maximum atomic E-state index is 6.17. The highest BCUT2D eigenvalue weighted by Gasteiger charge is 2.18. The van der Waals surface area contributed by atoms with Gasteiger partial charge in [0.1, 0.15) is 5.75 Å². The van der Waals surface area contributed by atoms with Crippen molar-refractivity contribution in [3.63, 3.8) is 0 Å². The van der Waals surface area contributed by atoms with Crippen molar-refractivity contribution in [1.82, 2.24) is 0 Å². The summed E-state index contributed by atoms with van der Waals surface area (Å²) in [6.45, 7) is 5.13. The smallest absolute Gasteiger partial charge is 0.141 e. The highest BCUT2D eigenvalue weighted by Crippen LogP contribution is 2.36. The molecule has 76 valence electrons. The second-order valence-electron chi connectivity index (χ2n) is 3.76. The molecule has 0 saturated heterocycles. The van der Waals surface area contributed by atoms with Gasteiger partial charge in [0.05, 0.1) is 11.6 Å². The minimum absolute atomic E-state index is 0.780. The van der Waals surface area contributed by atoms with E-state index in [0.717, 1.165) is 36.6 Å². The molecule has 1 aliphatic rings. The van der Waals surface area contributed by atoms with Gasteiger partial charge in [0.25, 0.3) is 0 Å². The summed E-state index contributed by atoms with van der Waals surface area (Å²) in [5.74, 6) is 0.924. The molecule has 0 unspecified atom stereocenters. The average Bonchev–Trinajstić information content (AvgIpc) is 2.23. The van der Waals surface area contributed by atoms with Crippen molar-refractivity contribution in [3.05, 3.63) is 27.8 Å². The first kappa shape index (κ1) is 9.85. The second kappa shape index (κ2) is 3.82. The van der Waals surface area contributed by atoms with Gasteiger partial charge in [-0.2, -0.15) is 0 Å². The van der Waals surface area contributed by atoms with E-state index in [0.29, 0.717) is 0 Å². The van der Waals surface area contributed by atoms with E-state index in [2.05, 4.69) is 13.8 Å². The van der Waals surface area contributed by atoms with Crippen LogP contribution in [0.1, 0.15) is 30.0 Å². The Bertz CT molecular complexity index is 358. The maximum absolute atomic E-state index is 6.17. The topological polar surface area (TPSA) is 9.23 Å². The molecule has 0 amide bonds. The highest BCUT2D eigenvalue weighted by atomic mass is 35.5. The number of rotatable bonds is 1. The first-order chi connectivity index (χ1) is 6.74.